The number of nitrogens with one attached hydrogen (secondary N) is 1. The monoisotopic (exact) mass is 411 g/mol. The van der Waals surface area contributed by atoms with E-state index in [1.807, 2.05) is 19.2 Å². The molecular weight excluding hydrogens is 402 g/mol. The summed E-state index contributed by atoms with van der Waals surface area (Å²) in [6.45, 7) is 0. The lowest BCUT2D eigenvalue weighted by molar-refractivity contribution is 0.0869. The maximum Gasteiger partial charge on any atom is 0.148 e. The molecule has 1 aromatic carbocycles. The molecule has 0 atom stereocenters. The summed E-state index contributed by atoms with van der Waals surface area (Å²) >= 11 is 10.5. The molecular formula is C11H12Br3NO. The maximum atomic E-state index is 5.94. The Morgan fingerprint density at radius 1 is 1.19 bits per heavy atom. The van der Waals surface area contributed by atoms with Crippen molar-refractivity contribution >= 4 is 47.8 Å². The Hall–Kier alpha value is 0.420. The fourth-order valence-corrected chi connectivity index (χ4v) is 4.15. The molecule has 0 spiro atoms. The highest BCUT2D eigenvalue weighted by Gasteiger charge is 2.30. The van der Waals surface area contributed by atoms with Gasteiger partial charge in [-0.1, -0.05) is 15.9 Å². The van der Waals surface area contributed by atoms with Crippen molar-refractivity contribution in [3.05, 3.63) is 25.6 Å². The number of benzene rings is 1. The smallest absolute Gasteiger partial charge is 0.148 e. The van der Waals surface area contributed by atoms with Gasteiger partial charge in [0.15, 0.2) is 0 Å². The lowest BCUT2D eigenvalue weighted by Crippen LogP contribution is -2.45. The van der Waals surface area contributed by atoms with Crippen molar-refractivity contribution in [1.29, 1.82) is 0 Å². The van der Waals surface area contributed by atoms with Crippen molar-refractivity contribution < 1.29 is 4.74 Å². The quantitative estimate of drug-likeness (QED) is 0.805. The molecule has 0 bridgehead atoms. The Morgan fingerprint density at radius 2 is 1.75 bits per heavy atom. The summed E-state index contributed by atoms with van der Waals surface area (Å²) in [6, 6.07) is 4.60. The van der Waals surface area contributed by atoms with Gasteiger partial charge < -0.3 is 10.1 Å². The van der Waals surface area contributed by atoms with E-state index >= 15 is 0 Å². The lowest BCUT2D eigenvalue weighted by atomic mass is 9.89. The van der Waals surface area contributed by atoms with Crippen LogP contribution in [0, 0.1) is 0 Å². The van der Waals surface area contributed by atoms with Gasteiger partial charge in [0.1, 0.15) is 11.9 Å². The van der Waals surface area contributed by atoms with E-state index in [0.29, 0.717) is 12.1 Å². The zero-order chi connectivity index (χ0) is 11.7. The summed E-state index contributed by atoms with van der Waals surface area (Å²) in [5.41, 5.74) is 0. The molecule has 0 radical (unpaired) electrons. The third kappa shape index (κ3) is 2.81. The molecule has 5 heteroatoms. The molecule has 1 fully saturated rings. The van der Waals surface area contributed by atoms with Crippen molar-refractivity contribution in [3.8, 4) is 5.75 Å². The zero-order valence-electron chi connectivity index (χ0n) is 8.77. The molecule has 16 heavy (non-hydrogen) atoms. The van der Waals surface area contributed by atoms with Crippen LogP contribution < -0.4 is 10.1 Å². The van der Waals surface area contributed by atoms with Gasteiger partial charge in [0.25, 0.3) is 0 Å². The van der Waals surface area contributed by atoms with E-state index in [1.165, 1.54) is 0 Å². The van der Waals surface area contributed by atoms with Crippen molar-refractivity contribution in [2.75, 3.05) is 7.05 Å². The van der Waals surface area contributed by atoms with E-state index in [-0.39, 0.29) is 0 Å². The van der Waals surface area contributed by atoms with Crippen molar-refractivity contribution in [2.24, 2.45) is 0 Å². The van der Waals surface area contributed by atoms with Crippen LogP contribution in [0.5, 0.6) is 5.75 Å². The second kappa shape index (κ2) is 5.38. The molecule has 0 aromatic heterocycles. The average molecular weight is 414 g/mol. The molecule has 1 N–H and O–H groups in total. The predicted octanol–water partition coefficient (Wildman–Crippen LogP) is 4.10. The van der Waals surface area contributed by atoms with Gasteiger partial charge in [-0.15, -0.1) is 0 Å². The molecule has 0 aliphatic heterocycles. The van der Waals surface area contributed by atoms with Gasteiger partial charge in [-0.3, -0.25) is 0 Å². The number of hydrogen-bond donors (Lipinski definition) is 1. The SMILES string of the molecule is CNC1CC(Oc2c(Br)cc(Br)cc2Br)C1. The number of ether oxygens (including phenoxy) is 1. The van der Waals surface area contributed by atoms with Crippen molar-refractivity contribution in [2.45, 2.75) is 25.0 Å². The van der Waals surface area contributed by atoms with E-state index < -0.39 is 0 Å². The summed E-state index contributed by atoms with van der Waals surface area (Å²) in [5.74, 6) is 0.891. The molecule has 0 unspecified atom stereocenters. The van der Waals surface area contributed by atoms with Crippen LogP contribution in [0.4, 0.5) is 0 Å². The highest BCUT2D eigenvalue weighted by Crippen LogP contribution is 2.39. The Balaban J connectivity index is 2.05. The Morgan fingerprint density at radius 3 is 2.25 bits per heavy atom. The summed E-state index contributed by atoms with van der Waals surface area (Å²) in [7, 11) is 1.99. The summed E-state index contributed by atoms with van der Waals surface area (Å²) in [6.07, 6.45) is 2.47. The molecule has 1 aliphatic rings. The van der Waals surface area contributed by atoms with Crippen LogP contribution in [0.15, 0.2) is 25.6 Å². The molecule has 88 valence electrons. The first-order valence-corrected chi connectivity index (χ1v) is 7.46. The standard InChI is InChI=1S/C11H12Br3NO/c1-15-7-4-8(5-7)16-11-9(13)2-6(12)3-10(11)14/h2-3,7-8,15H,4-5H2,1H3. The molecule has 0 saturated heterocycles. The van der Waals surface area contributed by atoms with Crippen LogP contribution in [0.25, 0.3) is 0 Å². The first-order valence-electron chi connectivity index (χ1n) is 5.08. The lowest BCUT2D eigenvalue weighted by Gasteiger charge is -2.35. The van der Waals surface area contributed by atoms with Gasteiger partial charge in [0.05, 0.1) is 8.95 Å². The van der Waals surface area contributed by atoms with Gasteiger partial charge in [0, 0.05) is 10.5 Å². The van der Waals surface area contributed by atoms with Crippen LogP contribution in [-0.2, 0) is 0 Å². The molecule has 0 heterocycles. The molecule has 2 nitrogen and oxygen atoms in total. The van der Waals surface area contributed by atoms with Gasteiger partial charge in [-0.05, 0) is 63.9 Å². The molecule has 1 aliphatic carbocycles. The fraction of sp³-hybridized carbons (Fsp3) is 0.455. The van der Waals surface area contributed by atoms with Crippen LogP contribution in [0.2, 0.25) is 0 Å². The Labute approximate surface area is 121 Å². The topological polar surface area (TPSA) is 21.3 Å². The number of hydrogen-bond acceptors (Lipinski definition) is 2. The normalized spacial score (nSPS) is 24.0. The van der Waals surface area contributed by atoms with Crippen LogP contribution in [0.3, 0.4) is 0 Å². The van der Waals surface area contributed by atoms with Crippen LogP contribution >= 0.6 is 47.8 Å². The minimum atomic E-state index is 0.325. The minimum Gasteiger partial charge on any atom is -0.488 e. The first kappa shape index (κ1) is 12.9. The van der Waals surface area contributed by atoms with Crippen molar-refractivity contribution in [3.63, 3.8) is 0 Å². The summed E-state index contributed by atoms with van der Waals surface area (Å²) < 4.78 is 8.92. The molecule has 1 saturated carbocycles. The third-order valence-corrected chi connectivity index (χ3v) is 4.39. The van der Waals surface area contributed by atoms with Gasteiger partial charge >= 0.3 is 0 Å². The second-order valence-electron chi connectivity index (χ2n) is 3.90. The number of halogens is 3. The van der Waals surface area contributed by atoms with Gasteiger partial charge in [-0.25, -0.2) is 0 Å². The van der Waals surface area contributed by atoms with Gasteiger partial charge in [-0.2, -0.15) is 0 Å². The van der Waals surface area contributed by atoms with E-state index in [0.717, 1.165) is 32.0 Å². The van der Waals surface area contributed by atoms with E-state index in [9.17, 15) is 0 Å². The van der Waals surface area contributed by atoms with E-state index in [4.69, 9.17) is 4.74 Å². The molecule has 2 rings (SSSR count). The fourth-order valence-electron chi connectivity index (χ4n) is 1.71. The van der Waals surface area contributed by atoms with Crippen molar-refractivity contribution in [1.82, 2.24) is 5.32 Å². The molecule has 0 amide bonds. The largest absolute Gasteiger partial charge is 0.488 e. The highest BCUT2D eigenvalue weighted by molar-refractivity contribution is 9.11. The first-order chi connectivity index (χ1) is 7.60. The van der Waals surface area contributed by atoms with E-state index in [1.54, 1.807) is 0 Å². The van der Waals surface area contributed by atoms with E-state index in [2.05, 4.69) is 53.1 Å². The second-order valence-corrected chi connectivity index (χ2v) is 6.52. The van der Waals surface area contributed by atoms with Crippen LogP contribution in [-0.4, -0.2) is 19.2 Å². The maximum absolute atomic E-state index is 5.94. The summed E-state index contributed by atoms with van der Waals surface area (Å²) in [4.78, 5) is 0. The average Bonchev–Trinajstić information content (AvgIpc) is 2.13. The zero-order valence-corrected chi connectivity index (χ0v) is 13.5. The van der Waals surface area contributed by atoms with Crippen LogP contribution in [0.1, 0.15) is 12.8 Å². The number of rotatable bonds is 3. The molecule has 1 aromatic rings. The highest BCUT2D eigenvalue weighted by atomic mass is 79.9. The predicted molar refractivity (Wildman–Crippen MR) is 76.0 cm³/mol. The Kier molecular flexibility index (Phi) is 4.32. The summed E-state index contributed by atoms with van der Waals surface area (Å²) in [5, 5.41) is 3.24. The third-order valence-electron chi connectivity index (χ3n) is 2.75. The Bertz CT molecular complexity index is 368. The minimum absolute atomic E-state index is 0.325. The van der Waals surface area contributed by atoms with Gasteiger partial charge in [0.2, 0.25) is 0 Å².